The average Bonchev–Trinajstić information content (AvgIpc) is 2.89. The van der Waals surface area contributed by atoms with Crippen LogP contribution in [0.1, 0.15) is 9.67 Å². The van der Waals surface area contributed by atoms with Crippen LogP contribution in [0.4, 0.5) is 5.69 Å². The molecule has 1 heterocycles. The number of hydrogen-bond acceptors (Lipinski definition) is 6. The number of aromatic hydroxyl groups is 1. The summed E-state index contributed by atoms with van der Waals surface area (Å²) in [6.45, 7) is 0. The minimum absolute atomic E-state index is 0.0760. The minimum Gasteiger partial charge on any atom is -0.504 e. The molecule has 2 aromatic rings. The first-order chi connectivity index (χ1) is 9.83. The van der Waals surface area contributed by atoms with Gasteiger partial charge in [0.2, 0.25) is 0 Å². The molecule has 3 N–H and O–H groups in total. The zero-order valence-corrected chi connectivity index (χ0v) is 12.4. The molecular weight excluding hydrogens is 318 g/mol. The smallest absolute Gasteiger partial charge is 0.345 e. The molecule has 7 nitrogen and oxygen atoms in total. The molecule has 0 atom stereocenters. The largest absolute Gasteiger partial charge is 0.504 e. The molecule has 0 aliphatic rings. The third-order valence-electron chi connectivity index (χ3n) is 2.49. The van der Waals surface area contributed by atoms with Gasteiger partial charge < -0.3 is 14.9 Å². The molecule has 9 heteroatoms. The number of aromatic carboxylic acids is 1. The summed E-state index contributed by atoms with van der Waals surface area (Å²) < 4.78 is 31.2. The number of carbonyl (C=O) groups is 1. The van der Waals surface area contributed by atoms with Crippen molar-refractivity contribution >= 4 is 33.0 Å². The average molecular weight is 329 g/mol. The van der Waals surface area contributed by atoms with Crippen LogP contribution in [-0.4, -0.2) is 31.7 Å². The lowest BCUT2D eigenvalue weighted by Crippen LogP contribution is -2.11. The van der Waals surface area contributed by atoms with E-state index < -0.39 is 16.0 Å². The zero-order chi connectivity index (χ0) is 15.6. The standard InChI is InChI=1S/C12H11NO6S2/c1-19-9-3-2-7(6-8(9)14)13-21(17,18)11-5-4-10(20-11)12(15)16/h2-6,13-14H,1H3,(H,15,16). The Kier molecular flexibility index (Phi) is 4.05. The van der Waals surface area contributed by atoms with Gasteiger partial charge in [0.1, 0.15) is 9.09 Å². The van der Waals surface area contributed by atoms with Crippen molar-refractivity contribution in [2.24, 2.45) is 0 Å². The van der Waals surface area contributed by atoms with Gasteiger partial charge in [-0.1, -0.05) is 0 Å². The van der Waals surface area contributed by atoms with E-state index in [0.717, 1.165) is 0 Å². The van der Waals surface area contributed by atoms with Crippen LogP contribution in [0.3, 0.4) is 0 Å². The Hall–Kier alpha value is -2.26. The van der Waals surface area contributed by atoms with Crippen LogP contribution in [0.15, 0.2) is 34.5 Å². The highest BCUT2D eigenvalue weighted by Crippen LogP contribution is 2.30. The van der Waals surface area contributed by atoms with Gasteiger partial charge in [-0.25, -0.2) is 13.2 Å². The summed E-state index contributed by atoms with van der Waals surface area (Å²) in [6.07, 6.45) is 0. The SMILES string of the molecule is COc1ccc(NS(=O)(=O)c2ccc(C(=O)O)s2)cc1O. The van der Waals surface area contributed by atoms with E-state index in [4.69, 9.17) is 9.84 Å². The quantitative estimate of drug-likeness (QED) is 0.773. The summed E-state index contributed by atoms with van der Waals surface area (Å²) in [4.78, 5) is 10.7. The van der Waals surface area contributed by atoms with Crippen molar-refractivity contribution < 1.29 is 28.2 Å². The van der Waals surface area contributed by atoms with E-state index in [1.807, 2.05) is 0 Å². The Morgan fingerprint density at radius 1 is 1.29 bits per heavy atom. The van der Waals surface area contributed by atoms with Crippen molar-refractivity contribution in [3.63, 3.8) is 0 Å². The number of phenols is 1. The molecule has 21 heavy (non-hydrogen) atoms. The van der Waals surface area contributed by atoms with Crippen molar-refractivity contribution in [2.45, 2.75) is 4.21 Å². The van der Waals surface area contributed by atoms with Crippen molar-refractivity contribution in [1.82, 2.24) is 0 Å². The Morgan fingerprint density at radius 3 is 2.52 bits per heavy atom. The van der Waals surface area contributed by atoms with Gasteiger partial charge in [0.05, 0.1) is 12.8 Å². The molecule has 0 aliphatic heterocycles. The highest BCUT2D eigenvalue weighted by molar-refractivity contribution is 7.94. The third kappa shape index (κ3) is 3.26. The van der Waals surface area contributed by atoms with E-state index >= 15 is 0 Å². The second kappa shape index (κ2) is 5.62. The molecule has 2 rings (SSSR count). The molecule has 0 spiro atoms. The van der Waals surface area contributed by atoms with Crippen molar-refractivity contribution in [3.05, 3.63) is 35.2 Å². The fourth-order valence-electron chi connectivity index (χ4n) is 1.54. The predicted molar refractivity (Wildman–Crippen MR) is 76.7 cm³/mol. The van der Waals surface area contributed by atoms with Crippen LogP contribution < -0.4 is 9.46 Å². The number of carboxylic acids is 1. The van der Waals surface area contributed by atoms with E-state index in [1.165, 1.54) is 37.4 Å². The third-order valence-corrected chi connectivity index (χ3v) is 5.43. The predicted octanol–water partition coefficient (Wildman–Crippen LogP) is 1.96. The van der Waals surface area contributed by atoms with Crippen molar-refractivity contribution in [3.8, 4) is 11.5 Å². The molecule has 0 aliphatic carbocycles. The molecule has 0 radical (unpaired) electrons. The second-order valence-electron chi connectivity index (χ2n) is 3.92. The number of nitrogens with one attached hydrogen (secondary N) is 1. The molecule has 0 saturated heterocycles. The molecule has 0 fully saturated rings. The van der Waals surface area contributed by atoms with Crippen molar-refractivity contribution in [2.75, 3.05) is 11.8 Å². The van der Waals surface area contributed by atoms with E-state index in [0.29, 0.717) is 11.3 Å². The molecule has 1 aromatic carbocycles. The first-order valence-corrected chi connectivity index (χ1v) is 7.86. The number of methoxy groups -OCH3 is 1. The Labute approximate surface area is 124 Å². The number of ether oxygens (including phenoxy) is 1. The number of rotatable bonds is 5. The van der Waals surface area contributed by atoms with Gasteiger partial charge in [-0.15, -0.1) is 11.3 Å². The summed E-state index contributed by atoms with van der Waals surface area (Å²) in [5.41, 5.74) is 0.138. The lowest BCUT2D eigenvalue weighted by Gasteiger charge is -2.08. The number of anilines is 1. The van der Waals surface area contributed by atoms with Gasteiger partial charge in [-0.2, -0.15) is 0 Å². The first-order valence-electron chi connectivity index (χ1n) is 5.56. The van der Waals surface area contributed by atoms with Crippen LogP contribution in [-0.2, 0) is 10.0 Å². The molecule has 1 aromatic heterocycles. The van der Waals surface area contributed by atoms with Crippen molar-refractivity contribution in [1.29, 1.82) is 0 Å². The normalized spacial score (nSPS) is 11.1. The van der Waals surface area contributed by atoms with Crippen LogP contribution in [0.2, 0.25) is 0 Å². The van der Waals surface area contributed by atoms with Crippen LogP contribution in [0.5, 0.6) is 11.5 Å². The minimum atomic E-state index is -3.91. The van der Waals surface area contributed by atoms with E-state index in [-0.39, 0.29) is 26.3 Å². The lowest BCUT2D eigenvalue weighted by atomic mass is 10.3. The summed E-state index contributed by atoms with van der Waals surface area (Å²) in [5, 5.41) is 18.4. The topological polar surface area (TPSA) is 113 Å². The van der Waals surface area contributed by atoms with Gasteiger partial charge in [-0.3, -0.25) is 4.72 Å². The highest BCUT2D eigenvalue weighted by atomic mass is 32.2. The van der Waals surface area contributed by atoms with Gasteiger partial charge in [-0.05, 0) is 24.3 Å². The van der Waals surface area contributed by atoms with E-state index in [1.54, 1.807) is 0 Å². The summed E-state index contributed by atoms with van der Waals surface area (Å²) in [7, 11) is -2.54. The highest BCUT2D eigenvalue weighted by Gasteiger charge is 2.19. The molecule has 0 unspecified atom stereocenters. The second-order valence-corrected chi connectivity index (χ2v) is 6.91. The Balaban J connectivity index is 2.28. The maximum absolute atomic E-state index is 12.1. The van der Waals surface area contributed by atoms with Crippen LogP contribution in [0, 0.1) is 0 Å². The van der Waals surface area contributed by atoms with E-state index in [9.17, 15) is 18.3 Å². The summed E-state index contributed by atoms with van der Waals surface area (Å²) >= 11 is 0.642. The maximum atomic E-state index is 12.1. The number of sulfonamides is 1. The molecule has 0 saturated carbocycles. The molecule has 0 bridgehead atoms. The number of benzene rings is 1. The fraction of sp³-hybridized carbons (Fsp3) is 0.0833. The fourth-order valence-corrected chi connectivity index (χ4v) is 3.73. The molecule has 0 amide bonds. The van der Waals surface area contributed by atoms with Gasteiger partial charge in [0, 0.05) is 6.07 Å². The first kappa shape index (κ1) is 15.1. The number of hydrogen-bond donors (Lipinski definition) is 3. The monoisotopic (exact) mass is 329 g/mol. The van der Waals surface area contributed by atoms with Gasteiger partial charge in [0.25, 0.3) is 10.0 Å². The molecular formula is C12H11NO6S2. The van der Waals surface area contributed by atoms with Gasteiger partial charge >= 0.3 is 5.97 Å². The maximum Gasteiger partial charge on any atom is 0.345 e. The summed E-state index contributed by atoms with van der Waals surface area (Å²) in [6, 6.07) is 6.45. The van der Waals surface area contributed by atoms with Gasteiger partial charge in [0.15, 0.2) is 11.5 Å². The van der Waals surface area contributed by atoms with Crippen LogP contribution >= 0.6 is 11.3 Å². The number of phenolic OH excluding ortho intramolecular Hbond substituents is 1. The zero-order valence-electron chi connectivity index (χ0n) is 10.7. The lowest BCUT2D eigenvalue weighted by molar-refractivity contribution is 0.0702. The summed E-state index contributed by atoms with van der Waals surface area (Å²) in [5.74, 6) is -1.19. The Bertz CT molecular complexity index is 781. The molecule has 112 valence electrons. The number of thiophene rings is 1. The Morgan fingerprint density at radius 2 is 2.00 bits per heavy atom. The van der Waals surface area contributed by atoms with E-state index in [2.05, 4.69) is 4.72 Å². The number of carboxylic acid groups (broad SMARTS) is 1. The van der Waals surface area contributed by atoms with Crippen LogP contribution in [0.25, 0.3) is 0 Å².